The van der Waals surface area contributed by atoms with Crippen LogP contribution in [0.3, 0.4) is 0 Å². The van der Waals surface area contributed by atoms with Gasteiger partial charge < -0.3 is 10.0 Å². The van der Waals surface area contributed by atoms with Gasteiger partial charge in [-0.2, -0.15) is 5.26 Å². The zero-order chi connectivity index (χ0) is 9.84. The number of carboxylic acid groups (broad SMARTS) is 1. The Morgan fingerprint density at radius 1 is 1.62 bits per heavy atom. The van der Waals surface area contributed by atoms with E-state index in [0.717, 1.165) is 0 Å². The van der Waals surface area contributed by atoms with Gasteiger partial charge >= 0.3 is 5.97 Å². The molecule has 1 amide bonds. The molecule has 5 heteroatoms. The van der Waals surface area contributed by atoms with Crippen LogP contribution in [0.25, 0.3) is 0 Å². The lowest BCUT2D eigenvalue weighted by Crippen LogP contribution is -2.29. The first kappa shape index (κ1) is 9.52. The number of likely N-dealkylation sites (tertiary alicyclic amines) is 1. The van der Waals surface area contributed by atoms with Crippen molar-refractivity contribution in [2.75, 3.05) is 13.1 Å². The fourth-order valence-electron chi connectivity index (χ4n) is 1.37. The van der Waals surface area contributed by atoms with Crippen molar-refractivity contribution in [1.29, 1.82) is 5.26 Å². The highest BCUT2D eigenvalue weighted by Gasteiger charge is 2.30. The van der Waals surface area contributed by atoms with Gasteiger partial charge in [0.05, 0.1) is 12.0 Å². The fourth-order valence-corrected chi connectivity index (χ4v) is 1.37. The summed E-state index contributed by atoms with van der Waals surface area (Å²) in [5.74, 6) is -1.60. The average molecular weight is 182 g/mol. The van der Waals surface area contributed by atoms with E-state index in [1.807, 2.05) is 0 Å². The van der Waals surface area contributed by atoms with Crippen LogP contribution in [0.5, 0.6) is 0 Å². The Morgan fingerprint density at radius 2 is 2.31 bits per heavy atom. The first-order valence-electron chi connectivity index (χ1n) is 4.02. The molecule has 0 aromatic rings. The van der Waals surface area contributed by atoms with Crippen molar-refractivity contribution in [2.24, 2.45) is 5.92 Å². The van der Waals surface area contributed by atoms with Crippen molar-refractivity contribution >= 4 is 11.9 Å². The SMILES string of the molecule is N#CCC(=O)N1CC[C@@H](C(=O)O)C1. The van der Waals surface area contributed by atoms with Crippen molar-refractivity contribution in [3.05, 3.63) is 0 Å². The van der Waals surface area contributed by atoms with Gasteiger partial charge in [-0.1, -0.05) is 0 Å². The minimum Gasteiger partial charge on any atom is -0.481 e. The maximum Gasteiger partial charge on any atom is 0.308 e. The predicted molar refractivity (Wildman–Crippen MR) is 42.6 cm³/mol. The van der Waals surface area contributed by atoms with Gasteiger partial charge in [-0.05, 0) is 6.42 Å². The second-order valence-electron chi connectivity index (χ2n) is 3.00. The van der Waals surface area contributed by atoms with Crippen LogP contribution in [0.1, 0.15) is 12.8 Å². The Hall–Kier alpha value is -1.57. The Labute approximate surface area is 75.6 Å². The second kappa shape index (κ2) is 3.90. The standard InChI is InChI=1S/C8H10N2O3/c9-3-1-7(11)10-4-2-6(5-10)8(12)13/h6H,1-2,4-5H2,(H,12,13)/t6-/m1/s1. The summed E-state index contributed by atoms with van der Waals surface area (Å²) in [6.45, 7) is 0.702. The zero-order valence-corrected chi connectivity index (χ0v) is 7.06. The van der Waals surface area contributed by atoms with Gasteiger partial charge in [0.1, 0.15) is 6.42 Å². The van der Waals surface area contributed by atoms with Crippen LogP contribution in [-0.4, -0.2) is 35.0 Å². The van der Waals surface area contributed by atoms with Crippen molar-refractivity contribution < 1.29 is 14.7 Å². The van der Waals surface area contributed by atoms with Crippen molar-refractivity contribution in [1.82, 2.24) is 4.90 Å². The highest BCUT2D eigenvalue weighted by Crippen LogP contribution is 2.16. The molecule has 0 bridgehead atoms. The number of nitrogens with zero attached hydrogens (tertiary/aromatic N) is 2. The van der Waals surface area contributed by atoms with Crippen LogP contribution in [-0.2, 0) is 9.59 Å². The number of carboxylic acids is 1. The maximum absolute atomic E-state index is 11.1. The van der Waals surface area contributed by atoms with Crippen molar-refractivity contribution in [3.8, 4) is 6.07 Å². The highest BCUT2D eigenvalue weighted by molar-refractivity contribution is 5.80. The van der Waals surface area contributed by atoms with Gasteiger partial charge in [0.2, 0.25) is 5.91 Å². The molecule has 1 saturated heterocycles. The summed E-state index contributed by atoms with van der Waals surface area (Å²) in [7, 11) is 0. The Kier molecular flexibility index (Phi) is 2.85. The van der Waals surface area contributed by atoms with Gasteiger partial charge in [-0.25, -0.2) is 0 Å². The van der Waals surface area contributed by atoms with Gasteiger partial charge in [0.25, 0.3) is 0 Å². The minimum atomic E-state index is -0.868. The molecule has 1 fully saturated rings. The van der Waals surface area contributed by atoms with Crippen LogP contribution >= 0.6 is 0 Å². The minimum absolute atomic E-state index is 0.160. The number of carbonyl (C=O) groups excluding carboxylic acids is 1. The predicted octanol–water partition coefficient (Wildman–Crippen LogP) is -0.167. The van der Waals surface area contributed by atoms with Crippen LogP contribution in [0, 0.1) is 17.2 Å². The van der Waals surface area contributed by atoms with Crippen LogP contribution in [0.2, 0.25) is 0 Å². The molecule has 0 spiro atoms. The molecule has 1 N–H and O–H groups in total. The van der Waals surface area contributed by atoms with E-state index < -0.39 is 11.9 Å². The van der Waals surface area contributed by atoms with Crippen molar-refractivity contribution in [3.63, 3.8) is 0 Å². The van der Waals surface area contributed by atoms with E-state index in [1.54, 1.807) is 6.07 Å². The zero-order valence-electron chi connectivity index (χ0n) is 7.06. The second-order valence-corrected chi connectivity index (χ2v) is 3.00. The van der Waals surface area contributed by atoms with E-state index in [2.05, 4.69) is 0 Å². The molecule has 1 aliphatic heterocycles. The van der Waals surface area contributed by atoms with E-state index in [4.69, 9.17) is 10.4 Å². The Bertz CT molecular complexity index is 269. The van der Waals surface area contributed by atoms with Crippen LogP contribution < -0.4 is 0 Å². The summed E-state index contributed by atoms with van der Waals surface area (Å²) >= 11 is 0. The first-order valence-corrected chi connectivity index (χ1v) is 4.02. The van der Waals surface area contributed by atoms with Gasteiger partial charge in [0.15, 0.2) is 0 Å². The monoisotopic (exact) mass is 182 g/mol. The van der Waals surface area contributed by atoms with E-state index in [0.29, 0.717) is 13.0 Å². The third-order valence-corrected chi connectivity index (χ3v) is 2.12. The number of hydrogen-bond donors (Lipinski definition) is 1. The third kappa shape index (κ3) is 2.18. The summed E-state index contributed by atoms with van der Waals surface area (Å²) in [5.41, 5.74) is 0. The summed E-state index contributed by atoms with van der Waals surface area (Å²) in [6.07, 6.45) is 0.332. The van der Waals surface area contributed by atoms with E-state index in [-0.39, 0.29) is 18.9 Å². The lowest BCUT2D eigenvalue weighted by atomic mass is 10.1. The summed E-state index contributed by atoms with van der Waals surface area (Å²) in [5, 5.41) is 16.9. The Morgan fingerprint density at radius 3 is 2.77 bits per heavy atom. The Balaban J connectivity index is 2.46. The molecule has 0 aromatic heterocycles. The average Bonchev–Trinajstić information content (AvgIpc) is 2.52. The number of hydrogen-bond acceptors (Lipinski definition) is 3. The molecule has 70 valence electrons. The lowest BCUT2D eigenvalue weighted by molar-refractivity contribution is -0.141. The molecule has 0 aliphatic carbocycles. The number of nitriles is 1. The largest absolute Gasteiger partial charge is 0.481 e. The normalized spacial score (nSPS) is 21.2. The van der Waals surface area contributed by atoms with E-state index in [9.17, 15) is 9.59 Å². The van der Waals surface area contributed by atoms with Crippen molar-refractivity contribution in [2.45, 2.75) is 12.8 Å². The third-order valence-electron chi connectivity index (χ3n) is 2.12. The molecule has 1 heterocycles. The summed E-state index contributed by atoms with van der Waals surface area (Å²) in [6, 6.07) is 1.75. The quantitative estimate of drug-likeness (QED) is 0.643. The maximum atomic E-state index is 11.1. The highest BCUT2D eigenvalue weighted by atomic mass is 16.4. The summed E-state index contributed by atoms with van der Waals surface area (Å²) < 4.78 is 0. The van der Waals surface area contributed by atoms with E-state index in [1.165, 1.54) is 4.90 Å². The fraction of sp³-hybridized carbons (Fsp3) is 0.625. The molecule has 1 rings (SSSR count). The van der Waals surface area contributed by atoms with Gasteiger partial charge in [0, 0.05) is 13.1 Å². The first-order chi connectivity index (χ1) is 6.15. The topological polar surface area (TPSA) is 81.4 Å². The number of carbonyl (C=O) groups is 2. The molecular weight excluding hydrogens is 172 g/mol. The molecule has 0 radical (unpaired) electrons. The molecular formula is C8H10N2O3. The van der Waals surface area contributed by atoms with Crippen LogP contribution in [0.4, 0.5) is 0 Å². The number of aliphatic carboxylic acids is 1. The molecule has 0 aromatic carbocycles. The van der Waals surface area contributed by atoms with Crippen LogP contribution in [0.15, 0.2) is 0 Å². The molecule has 5 nitrogen and oxygen atoms in total. The molecule has 1 aliphatic rings. The van der Waals surface area contributed by atoms with Gasteiger partial charge in [-0.15, -0.1) is 0 Å². The smallest absolute Gasteiger partial charge is 0.308 e. The molecule has 0 saturated carbocycles. The number of rotatable bonds is 2. The van der Waals surface area contributed by atoms with Gasteiger partial charge in [-0.3, -0.25) is 9.59 Å². The van der Waals surface area contributed by atoms with E-state index >= 15 is 0 Å². The summed E-state index contributed by atoms with van der Waals surface area (Å²) in [4.78, 5) is 23.1. The molecule has 13 heavy (non-hydrogen) atoms. The lowest BCUT2D eigenvalue weighted by Gasteiger charge is -2.12. The molecule has 1 atom stereocenters. The number of amides is 1. The molecule has 0 unspecified atom stereocenters.